The van der Waals surface area contributed by atoms with Crippen LogP contribution < -0.4 is 4.74 Å². The Balaban J connectivity index is 1.61. The normalized spacial score (nSPS) is 16.0. The van der Waals surface area contributed by atoms with Crippen LogP contribution in [-0.4, -0.2) is 49.5 Å². The molecule has 7 heteroatoms. The average molecular weight is 432 g/mol. The van der Waals surface area contributed by atoms with Gasteiger partial charge in [0.2, 0.25) is 0 Å². The highest BCUT2D eigenvalue weighted by Gasteiger charge is 2.24. The second-order valence-electron chi connectivity index (χ2n) is 6.89. The number of nitrogens with zero attached hydrogens (tertiary/aromatic N) is 3. The quantitative estimate of drug-likeness (QED) is 0.312. The number of halogens is 1. The highest BCUT2D eigenvalue weighted by Crippen LogP contribution is 2.32. The molecule has 0 saturated heterocycles. The molecule has 0 bridgehead atoms. The number of benzene rings is 2. The molecule has 0 saturated carbocycles. The molecule has 1 aliphatic rings. The van der Waals surface area contributed by atoms with E-state index in [0.717, 1.165) is 47.0 Å². The van der Waals surface area contributed by atoms with Gasteiger partial charge in [0.15, 0.2) is 0 Å². The molecule has 0 N–H and O–H groups in total. The van der Waals surface area contributed by atoms with Crippen LogP contribution >= 0.6 is 23.4 Å². The summed E-state index contributed by atoms with van der Waals surface area (Å²) in [7, 11) is 3.65. The number of aryl methyl sites for hydroxylation is 1. The Morgan fingerprint density at radius 3 is 2.79 bits per heavy atom. The summed E-state index contributed by atoms with van der Waals surface area (Å²) in [6.45, 7) is 5.02. The van der Waals surface area contributed by atoms with Gasteiger partial charge in [-0.05, 0) is 55.8 Å². The van der Waals surface area contributed by atoms with Crippen LogP contribution in [0.5, 0.6) is 5.75 Å². The first kappa shape index (κ1) is 21.5. The lowest BCUT2D eigenvalue weighted by Crippen LogP contribution is -2.14. The van der Waals surface area contributed by atoms with Crippen molar-refractivity contribution in [1.82, 2.24) is 4.90 Å². The molecule has 0 radical (unpaired) electrons. The van der Waals surface area contributed by atoms with E-state index >= 15 is 0 Å². The Hall–Kier alpha value is -2.18. The molecule has 0 fully saturated rings. The molecule has 2 aromatic carbocycles. The zero-order valence-electron chi connectivity index (χ0n) is 17.2. The van der Waals surface area contributed by atoms with Gasteiger partial charge in [-0.1, -0.05) is 16.8 Å². The lowest BCUT2D eigenvalue weighted by atomic mass is 10.00. The van der Waals surface area contributed by atoms with E-state index in [4.69, 9.17) is 21.2 Å². The Morgan fingerprint density at radius 1 is 1.34 bits per heavy atom. The maximum atomic E-state index is 6.47. The van der Waals surface area contributed by atoms with Gasteiger partial charge in [-0.25, -0.2) is 4.99 Å². The summed E-state index contributed by atoms with van der Waals surface area (Å²) >= 11 is 8.22. The molecule has 2 aromatic rings. The molecule has 3 rings (SSSR count). The summed E-state index contributed by atoms with van der Waals surface area (Å²) in [6.07, 6.45) is 2.61. The maximum Gasteiger partial charge on any atom is 0.142 e. The second-order valence-corrected chi connectivity index (χ2v) is 8.39. The van der Waals surface area contributed by atoms with Crippen LogP contribution in [0.1, 0.15) is 24.5 Å². The Bertz CT molecular complexity index is 900. The molecular formula is C22H26ClN3O2S. The van der Waals surface area contributed by atoms with Gasteiger partial charge >= 0.3 is 0 Å². The molecule has 154 valence electrons. The number of methoxy groups -OCH3 is 1. The molecular weight excluding hydrogens is 406 g/mol. The standard InChI is InChI=1S/C22H26ClN3O2S/c1-5-26(3)14-24-22-10-15(2)19(12-20(22)23)21-11-17(28-25-21)13-29-18-8-6-16(27-4)7-9-18/h6-10,12,14,17H,5,11,13H2,1-4H3. The number of oxime groups is 1. The van der Waals surface area contributed by atoms with Crippen LogP contribution in [0.25, 0.3) is 0 Å². The third-order valence-corrected chi connectivity index (χ3v) is 6.17. The predicted molar refractivity (Wildman–Crippen MR) is 122 cm³/mol. The van der Waals surface area contributed by atoms with Crippen LogP contribution in [0.2, 0.25) is 5.02 Å². The molecule has 5 nitrogen and oxygen atoms in total. The van der Waals surface area contributed by atoms with E-state index in [1.165, 1.54) is 4.90 Å². The Morgan fingerprint density at radius 2 is 2.10 bits per heavy atom. The highest BCUT2D eigenvalue weighted by molar-refractivity contribution is 7.99. The van der Waals surface area contributed by atoms with Crippen molar-refractivity contribution in [3.8, 4) is 5.75 Å². The van der Waals surface area contributed by atoms with E-state index in [0.29, 0.717) is 5.02 Å². The number of thioether (sulfide) groups is 1. The van der Waals surface area contributed by atoms with Gasteiger partial charge in [0.25, 0.3) is 0 Å². The summed E-state index contributed by atoms with van der Waals surface area (Å²) in [5.41, 5.74) is 3.81. The molecule has 1 aliphatic heterocycles. The second kappa shape index (κ2) is 10.0. The number of ether oxygens (including phenoxy) is 1. The van der Waals surface area contributed by atoms with Crippen molar-refractivity contribution in [1.29, 1.82) is 0 Å². The van der Waals surface area contributed by atoms with Crippen molar-refractivity contribution < 1.29 is 9.57 Å². The van der Waals surface area contributed by atoms with Gasteiger partial charge in [0.1, 0.15) is 11.9 Å². The fourth-order valence-electron chi connectivity index (χ4n) is 2.86. The minimum atomic E-state index is 0.0474. The van der Waals surface area contributed by atoms with E-state index in [1.54, 1.807) is 25.2 Å². The fraction of sp³-hybridized carbons (Fsp3) is 0.364. The molecule has 0 spiro atoms. The number of hydrogen-bond acceptors (Lipinski definition) is 5. The van der Waals surface area contributed by atoms with Crippen LogP contribution in [0.4, 0.5) is 5.69 Å². The lowest BCUT2D eigenvalue weighted by molar-refractivity contribution is 0.103. The van der Waals surface area contributed by atoms with Crippen LogP contribution in [0.3, 0.4) is 0 Å². The topological polar surface area (TPSA) is 46.4 Å². The van der Waals surface area contributed by atoms with E-state index in [2.05, 4.69) is 36.1 Å². The van der Waals surface area contributed by atoms with Gasteiger partial charge in [-0.3, -0.25) is 0 Å². The largest absolute Gasteiger partial charge is 0.497 e. The van der Waals surface area contributed by atoms with Gasteiger partial charge in [-0.15, -0.1) is 11.8 Å². The van der Waals surface area contributed by atoms with Crippen molar-refractivity contribution in [2.45, 2.75) is 31.3 Å². The van der Waals surface area contributed by atoms with Crippen molar-refractivity contribution in [3.05, 3.63) is 52.5 Å². The van der Waals surface area contributed by atoms with Crippen molar-refractivity contribution >= 4 is 41.1 Å². The first-order valence-corrected chi connectivity index (χ1v) is 10.9. The molecule has 1 atom stereocenters. The SMILES string of the molecule is CCN(C)C=Nc1cc(C)c(C2=NOC(CSc3ccc(OC)cc3)C2)cc1Cl. The number of aliphatic imine (C=N–C) groups is 1. The van der Waals surface area contributed by atoms with E-state index in [-0.39, 0.29) is 6.10 Å². The summed E-state index contributed by atoms with van der Waals surface area (Å²) in [6, 6.07) is 12.0. The van der Waals surface area contributed by atoms with Crippen molar-refractivity contribution in [2.24, 2.45) is 10.1 Å². The molecule has 29 heavy (non-hydrogen) atoms. The summed E-state index contributed by atoms with van der Waals surface area (Å²) in [4.78, 5) is 13.3. The van der Waals surface area contributed by atoms with E-state index in [1.807, 2.05) is 36.2 Å². The molecule has 0 aromatic heterocycles. The van der Waals surface area contributed by atoms with Crippen LogP contribution in [0.15, 0.2) is 51.4 Å². The van der Waals surface area contributed by atoms with E-state index in [9.17, 15) is 0 Å². The van der Waals surface area contributed by atoms with Crippen molar-refractivity contribution in [2.75, 3.05) is 26.5 Å². The monoisotopic (exact) mass is 431 g/mol. The van der Waals surface area contributed by atoms with Crippen molar-refractivity contribution in [3.63, 3.8) is 0 Å². The highest BCUT2D eigenvalue weighted by atomic mass is 35.5. The predicted octanol–water partition coefficient (Wildman–Crippen LogP) is 5.55. The van der Waals surface area contributed by atoms with Crippen LogP contribution in [0, 0.1) is 6.92 Å². The van der Waals surface area contributed by atoms with Crippen LogP contribution in [-0.2, 0) is 4.84 Å². The minimum absolute atomic E-state index is 0.0474. The third kappa shape index (κ3) is 5.67. The molecule has 0 aliphatic carbocycles. The zero-order valence-corrected chi connectivity index (χ0v) is 18.8. The van der Waals surface area contributed by atoms with Gasteiger partial charge in [-0.2, -0.15) is 0 Å². The smallest absolute Gasteiger partial charge is 0.142 e. The Kier molecular flexibility index (Phi) is 7.45. The number of rotatable bonds is 8. The lowest BCUT2D eigenvalue weighted by Gasteiger charge is -2.11. The first-order valence-electron chi connectivity index (χ1n) is 9.54. The third-order valence-electron chi connectivity index (χ3n) is 4.73. The summed E-state index contributed by atoms with van der Waals surface area (Å²) < 4.78 is 5.20. The maximum absolute atomic E-state index is 6.47. The summed E-state index contributed by atoms with van der Waals surface area (Å²) in [5.74, 6) is 1.69. The molecule has 1 heterocycles. The van der Waals surface area contributed by atoms with E-state index < -0.39 is 0 Å². The molecule has 1 unspecified atom stereocenters. The summed E-state index contributed by atoms with van der Waals surface area (Å²) in [5, 5.41) is 4.94. The Labute approximate surface area is 181 Å². The fourth-order valence-corrected chi connectivity index (χ4v) is 3.95. The first-order chi connectivity index (χ1) is 14.0. The molecule has 0 amide bonds. The average Bonchev–Trinajstić information content (AvgIpc) is 3.21. The zero-order chi connectivity index (χ0) is 20.8. The van der Waals surface area contributed by atoms with Gasteiger partial charge in [0.05, 0.1) is 29.9 Å². The van der Waals surface area contributed by atoms with Gasteiger partial charge in [0, 0.05) is 36.2 Å². The van der Waals surface area contributed by atoms with Gasteiger partial charge < -0.3 is 14.5 Å². The number of hydrogen-bond donors (Lipinski definition) is 0. The minimum Gasteiger partial charge on any atom is -0.497 e.